The molecule has 8 fully saturated rings. The predicted octanol–water partition coefficient (Wildman–Crippen LogP) is 8.39. The molecule has 3 heteroatoms. The maximum absolute atomic E-state index is 14.0. The Morgan fingerprint density at radius 2 is 1.15 bits per heavy atom. The van der Waals surface area contributed by atoms with Gasteiger partial charge in [-0.3, -0.25) is 4.98 Å². The molecule has 1 heterocycles. The molecule has 200 valence electrons. The highest BCUT2D eigenvalue weighted by Crippen LogP contribution is 2.63. The van der Waals surface area contributed by atoms with Gasteiger partial charge in [-0.25, -0.2) is 4.79 Å². The highest BCUT2D eigenvalue weighted by atomic mass is 16.5. The van der Waals surface area contributed by atoms with Crippen molar-refractivity contribution in [2.24, 2.45) is 35.5 Å². The zero-order valence-corrected chi connectivity index (χ0v) is 22.9. The molecule has 0 radical (unpaired) electrons. The molecule has 0 unspecified atom stereocenters. The van der Waals surface area contributed by atoms with Crippen LogP contribution in [0.2, 0.25) is 0 Å². The van der Waals surface area contributed by atoms with Gasteiger partial charge in [-0.1, -0.05) is 24.3 Å². The monoisotopic (exact) mass is 517 g/mol. The first-order chi connectivity index (χ1) is 19.0. The second-order valence-corrected chi connectivity index (χ2v) is 14.9. The van der Waals surface area contributed by atoms with Crippen LogP contribution in [-0.2, 0) is 10.8 Å². The Balaban J connectivity index is 1.15. The van der Waals surface area contributed by atoms with E-state index in [1.807, 2.05) is 30.3 Å². The van der Waals surface area contributed by atoms with Crippen LogP contribution in [-0.4, -0.2) is 11.0 Å². The SMILES string of the molecule is O=C(Oc1cccc2cccnc12)c1cc(C23CC4CC(CC(C4)C2)C3)cc(C23CC4CC(CC(C4)C2)C3)c1. The summed E-state index contributed by atoms with van der Waals surface area (Å²) < 4.78 is 6.16. The first kappa shape index (κ1) is 23.1. The van der Waals surface area contributed by atoms with Crippen LogP contribution in [0.5, 0.6) is 5.75 Å². The second-order valence-electron chi connectivity index (χ2n) is 14.9. The minimum atomic E-state index is -0.217. The van der Waals surface area contributed by atoms with Gasteiger partial charge in [0.05, 0.1) is 5.56 Å². The summed E-state index contributed by atoms with van der Waals surface area (Å²) in [6.45, 7) is 0. The van der Waals surface area contributed by atoms with Gasteiger partial charge in [0.25, 0.3) is 0 Å². The van der Waals surface area contributed by atoms with E-state index in [-0.39, 0.29) is 16.8 Å². The van der Waals surface area contributed by atoms with E-state index in [9.17, 15) is 4.79 Å². The third kappa shape index (κ3) is 3.60. The van der Waals surface area contributed by atoms with Gasteiger partial charge in [-0.15, -0.1) is 0 Å². The molecule has 0 amide bonds. The van der Waals surface area contributed by atoms with E-state index in [0.29, 0.717) is 5.75 Å². The number of para-hydroxylation sites is 1. The Labute approximate surface area is 231 Å². The van der Waals surface area contributed by atoms with Gasteiger partial charge in [0, 0.05) is 11.6 Å². The fourth-order valence-corrected chi connectivity index (χ4v) is 11.6. The maximum atomic E-state index is 14.0. The summed E-state index contributed by atoms with van der Waals surface area (Å²) in [6.07, 6.45) is 18.4. The molecule has 1 aromatic heterocycles. The van der Waals surface area contributed by atoms with Crippen LogP contribution in [0, 0.1) is 35.5 Å². The molecule has 2 aromatic carbocycles. The molecule has 3 aromatic rings. The van der Waals surface area contributed by atoms with Crippen LogP contribution in [0.4, 0.5) is 0 Å². The standard InChI is InChI=1S/C36H39NO2/c38-34(39-32-5-1-3-28-4-2-6-37-33(28)32)29-13-30(35-16-22-7-23(17-35)9-24(8-22)18-35)15-31(14-29)36-19-25-10-26(20-36)12-27(11-25)21-36/h1-6,13-15,22-27H,7-12,16-21H2. The lowest BCUT2D eigenvalue weighted by molar-refractivity contribution is -0.00841. The summed E-state index contributed by atoms with van der Waals surface area (Å²) in [7, 11) is 0. The smallest absolute Gasteiger partial charge is 0.343 e. The zero-order chi connectivity index (χ0) is 25.8. The molecular formula is C36H39NO2. The van der Waals surface area contributed by atoms with Crippen molar-refractivity contribution in [2.75, 3.05) is 0 Å². The molecule has 39 heavy (non-hydrogen) atoms. The highest BCUT2D eigenvalue weighted by Gasteiger charge is 2.54. The number of hydrogen-bond donors (Lipinski definition) is 0. The van der Waals surface area contributed by atoms with Crippen LogP contribution in [0.25, 0.3) is 10.9 Å². The number of pyridine rings is 1. The van der Waals surface area contributed by atoms with Gasteiger partial charge >= 0.3 is 5.97 Å². The Morgan fingerprint density at radius 3 is 1.67 bits per heavy atom. The van der Waals surface area contributed by atoms with Crippen molar-refractivity contribution in [1.29, 1.82) is 0 Å². The number of fused-ring (bicyclic) bond motifs is 1. The fourth-order valence-electron chi connectivity index (χ4n) is 11.6. The molecule has 0 aliphatic heterocycles. The number of carbonyl (C=O) groups excluding carboxylic acids is 1. The van der Waals surface area contributed by atoms with Gasteiger partial charge in [-0.05, 0) is 159 Å². The topological polar surface area (TPSA) is 39.2 Å². The van der Waals surface area contributed by atoms with E-state index in [4.69, 9.17) is 4.74 Å². The maximum Gasteiger partial charge on any atom is 0.343 e. The fraction of sp³-hybridized carbons (Fsp3) is 0.556. The van der Waals surface area contributed by atoms with E-state index < -0.39 is 0 Å². The lowest BCUT2D eigenvalue weighted by atomic mass is 9.46. The quantitative estimate of drug-likeness (QED) is 0.258. The first-order valence-electron chi connectivity index (χ1n) is 15.7. The van der Waals surface area contributed by atoms with Crippen molar-refractivity contribution in [3.8, 4) is 5.75 Å². The Morgan fingerprint density at radius 1 is 0.667 bits per heavy atom. The number of nitrogens with zero attached hydrogens (tertiary/aromatic N) is 1. The normalized spacial score (nSPS) is 39.4. The highest BCUT2D eigenvalue weighted by molar-refractivity contribution is 5.94. The molecule has 8 aliphatic rings. The molecule has 8 saturated carbocycles. The zero-order valence-electron chi connectivity index (χ0n) is 22.9. The number of rotatable bonds is 4. The number of esters is 1. The molecule has 0 N–H and O–H groups in total. The molecule has 0 atom stereocenters. The van der Waals surface area contributed by atoms with E-state index >= 15 is 0 Å². The average Bonchev–Trinajstić information content (AvgIpc) is 2.92. The lowest BCUT2D eigenvalue weighted by Gasteiger charge is -2.58. The number of benzene rings is 2. The molecule has 0 spiro atoms. The summed E-state index contributed by atoms with van der Waals surface area (Å²) in [5.41, 5.74) is 5.00. The molecule has 11 rings (SSSR count). The van der Waals surface area contributed by atoms with E-state index in [0.717, 1.165) is 52.0 Å². The van der Waals surface area contributed by atoms with Gasteiger partial charge in [0.2, 0.25) is 0 Å². The minimum Gasteiger partial charge on any atom is -0.421 e. The van der Waals surface area contributed by atoms with Crippen LogP contribution >= 0.6 is 0 Å². The number of hydrogen-bond acceptors (Lipinski definition) is 3. The van der Waals surface area contributed by atoms with Gasteiger partial charge in [0.1, 0.15) is 5.52 Å². The molecule has 3 nitrogen and oxygen atoms in total. The lowest BCUT2D eigenvalue weighted by Crippen LogP contribution is -2.50. The summed E-state index contributed by atoms with van der Waals surface area (Å²) in [5.74, 6) is 5.66. The Kier molecular flexibility index (Phi) is 4.84. The van der Waals surface area contributed by atoms with Gasteiger partial charge < -0.3 is 4.74 Å². The molecule has 8 bridgehead atoms. The van der Waals surface area contributed by atoms with Crippen molar-refractivity contribution in [2.45, 2.75) is 87.9 Å². The van der Waals surface area contributed by atoms with Crippen molar-refractivity contribution in [1.82, 2.24) is 4.98 Å². The minimum absolute atomic E-state index is 0.217. The van der Waals surface area contributed by atoms with Crippen molar-refractivity contribution in [3.05, 3.63) is 71.4 Å². The summed E-state index contributed by atoms with van der Waals surface area (Å²) in [6, 6.07) is 17.0. The van der Waals surface area contributed by atoms with E-state index in [2.05, 4.69) is 23.2 Å². The van der Waals surface area contributed by atoms with Crippen molar-refractivity contribution in [3.63, 3.8) is 0 Å². The predicted molar refractivity (Wildman–Crippen MR) is 153 cm³/mol. The Hall–Kier alpha value is -2.68. The van der Waals surface area contributed by atoms with Crippen LogP contribution in [0.15, 0.2) is 54.7 Å². The number of ether oxygens (including phenoxy) is 1. The first-order valence-corrected chi connectivity index (χ1v) is 15.7. The summed E-state index contributed by atoms with van der Waals surface area (Å²) >= 11 is 0. The second kappa shape index (κ2) is 8.18. The largest absolute Gasteiger partial charge is 0.421 e. The van der Waals surface area contributed by atoms with E-state index in [1.54, 1.807) is 6.20 Å². The molecule has 0 saturated heterocycles. The third-order valence-electron chi connectivity index (χ3n) is 12.3. The van der Waals surface area contributed by atoms with Gasteiger partial charge in [-0.2, -0.15) is 0 Å². The summed E-state index contributed by atoms with van der Waals surface area (Å²) in [5, 5.41) is 0.999. The molecular weight excluding hydrogens is 478 g/mol. The summed E-state index contributed by atoms with van der Waals surface area (Å²) in [4.78, 5) is 18.5. The third-order valence-corrected chi connectivity index (χ3v) is 12.3. The van der Waals surface area contributed by atoms with E-state index in [1.165, 1.54) is 88.2 Å². The molecule has 8 aliphatic carbocycles. The van der Waals surface area contributed by atoms with Crippen molar-refractivity contribution < 1.29 is 9.53 Å². The van der Waals surface area contributed by atoms with Crippen LogP contribution in [0.1, 0.15) is 98.5 Å². The Bertz CT molecular complexity index is 1350. The van der Waals surface area contributed by atoms with Crippen molar-refractivity contribution >= 4 is 16.9 Å². The van der Waals surface area contributed by atoms with Gasteiger partial charge in [0.15, 0.2) is 5.75 Å². The number of carbonyl (C=O) groups is 1. The van der Waals surface area contributed by atoms with Crippen LogP contribution < -0.4 is 4.74 Å². The average molecular weight is 518 g/mol. The number of aromatic nitrogens is 1. The van der Waals surface area contributed by atoms with Crippen LogP contribution in [0.3, 0.4) is 0 Å².